The SMILES string of the molecule is CCCCC/C=C/C1C2C(OC(C)OCC)CC(=O)C12C(=O)OC. The van der Waals surface area contributed by atoms with Crippen molar-refractivity contribution in [1.82, 2.24) is 0 Å². The second kappa shape index (κ2) is 8.26. The molecule has 0 spiro atoms. The highest BCUT2D eigenvalue weighted by Gasteiger charge is 2.80. The zero-order chi connectivity index (χ0) is 17.7. The number of carbonyl (C=O) groups is 2. The Bertz CT molecular complexity index is 486. The van der Waals surface area contributed by atoms with Crippen LogP contribution in [0.15, 0.2) is 12.2 Å². The Morgan fingerprint density at radius 1 is 1.38 bits per heavy atom. The number of ether oxygens (including phenoxy) is 3. The number of hydrogen-bond donors (Lipinski definition) is 0. The lowest BCUT2D eigenvalue weighted by Gasteiger charge is -2.19. The summed E-state index contributed by atoms with van der Waals surface area (Å²) in [5, 5.41) is 0. The van der Waals surface area contributed by atoms with E-state index in [1.807, 2.05) is 19.9 Å². The van der Waals surface area contributed by atoms with Gasteiger partial charge in [-0.1, -0.05) is 31.9 Å². The molecule has 0 aliphatic heterocycles. The summed E-state index contributed by atoms with van der Waals surface area (Å²) >= 11 is 0. The molecule has 5 heteroatoms. The molecule has 0 saturated heterocycles. The number of esters is 1. The first kappa shape index (κ1) is 19.1. The molecule has 0 bridgehead atoms. The lowest BCUT2D eigenvalue weighted by atomic mass is 9.97. The highest BCUT2D eigenvalue weighted by atomic mass is 16.7. The molecule has 0 aromatic heterocycles. The molecule has 2 aliphatic carbocycles. The van der Waals surface area contributed by atoms with E-state index in [1.54, 1.807) is 0 Å². The molecule has 24 heavy (non-hydrogen) atoms. The number of ketones is 1. The van der Waals surface area contributed by atoms with Crippen molar-refractivity contribution in [3.05, 3.63) is 12.2 Å². The summed E-state index contributed by atoms with van der Waals surface area (Å²) in [5.74, 6) is -0.707. The van der Waals surface area contributed by atoms with Crippen LogP contribution in [0.4, 0.5) is 0 Å². The van der Waals surface area contributed by atoms with E-state index < -0.39 is 11.4 Å². The molecule has 0 amide bonds. The highest BCUT2D eigenvalue weighted by molar-refractivity contribution is 6.11. The lowest BCUT2D eigenvalue weighted by Crippen LogP contribution is -2.27. The van der Waals surface area contributed by atoms with Gasteiger partial charge >= 0.3 is 5.97 Å². The third-order valence-electron chi connectivity index (χ3n) is 5.19. The monoisotopic (exact) mass is 338 g/mol. The van der Waals surface area contributed by atoms with Crippen molar-refractivity contribution in [2.75, 3.05) is 13.7 Å². The standard InChI is InChI=1S/C19H30O5/c1-5-7-8-9-10-11-14-17-15(24-13(3)23-6-2)12-16(20)19(14,17)18(21)22-4/h10-11,13-15,17H,5-9,12H2,1-4H3/b11-10+. The number of rotatable bonds is 10. The minimum absolute atomic E-state index is 0.0590. The lowest BCUT2D eigenvalue weighted by molar-refractivity contribution is -0.162. The van der Waals surface area contributed by atoms with E-state index in [0.29, 0.717) is 6.61 Å². The summed E-state index contributed by atoms with van der Waals surface area (Å²) < 4.78 is 16.2. The summed E-state index contributed by atoms with van der Waals surface area (Å²) in [4.78, 5) is 24.9. The van der Waals surface area contributed by atoms with E-state index in [4.69, 9.17) is 14.2 Å². The molecule has 0 aromatic rings. The predicted octanol–water partition coefficient (Wildman–Crippen LogP) is 3.27. The Balaban J connectivity index is 2.07. The van der Waals surface area contributed by atoms with Crippen LogP contribution in [-0.2, 0) is 23.8 Å². The van der Waals surface area contributed by atoms with Crippen LogP contribution in [0.2, 0.25) is 0 Å². The van der Waals surface area contributed by atoms with E-state index in [9.17, 15) is 9.59 Å². The first-order valence-electron chi connectivity index (χ1n) is 9.09. The molecule has 5 nitrogen and oxygen atoms in total. The summed E-state index contributed by atoms with van der Waals surface area (Å²) in [6, 6.07) is 0. The topological polar surface area (TPSA) is 61.8 Å². The zero-order valence-electron chi connectivity index (χ0n) is 15.2. The fourth-order valence-corrected chi connectivity index (χ4v) is 4.05. The molecule has 5 unspecified atom stereocenters. The molecule has 0 N–H and O–H groups in total. The first-order valence-corrected chi connectivity index (χ1v) is 9.09. The van der Waals surface area contributed by atoms with Gasteiger partial charge in [0.2, 0.25) is 0 Å². The first-order chi connectivity index (χ1) is 11.5. The smallest absolute Gasteiger partial charge is 0.320 e. The summed E-state index contributed by atoms with van der Waals surface area (Å²) in [7, 11) is 1.35. The maximum Gasteiger partial charge on any atom is 0.320 e. The van der Waals surface area contributed by atoms with E-state index in [2.05, 4.69) is 13.0 Å². The van der Waals surface area contributed by atoms with Gasteiger partial charge in [0.25, 0.3) is 0 Å². The Morgan fingerprint density at radius 2 is 2.12 bits per heavy atom. The fraction of sp³-hybridized carbons (Fsp3) is 0.789. The van der Waals surface area contributed by atoms with E-state index in [0.717, 1.165) is 12.8 Å². The molecular formula is C19H30O5. The minimum atomic E-state index is -1.02. The molecular weight excluding hydrogens is 308 g/mol. The van der Waals surface area contributed by atoms with Crippen molar-refractivity contribution in [3.8, 4) is 0 Å². The third kappa shape index (κ3) is 3.42. The molecule has 0 aromatic carbocycles. The molecule has 0 radical (unpaired) electrons. The van der Waals surface area contributed by atoms with Crippen molar-refractivity contribution in [3.63, 3.8) is 0 Å². The van der Waals surface area contributed by atoms with Crippen molar-refractivity contribution in [2.24, 2.45) is 17.3 Å². The second-order valence-electron chi connectivity index (χ2n) is 6.66. The zero-order valence-corrected chi connectivity index (χ0v) is 15.2. The van der Waals surface area contributed by atoms with Gasteiger partial charge in [-0.05, 0) is 26.7 Å². The van der Waals surface area contributed by atoms with Crippen LogP contribution < -0.4 is 0 Å². The van der Waals surface area contributed by atoms with Crippen LogP contribution in [0, 0.1) is 17.3 Å². The average molecular weight is 338 g/mol. The van der Waals surface area contributed by atoms with Crippen molar-refractivity contribution >= 4 is 11.8 Å². The quantitative estimate of drug-likeness (QED) is 0.201. The minimum Gasteiger partial charge on any atom is -0.468 e. The van der Waals surface area contributed by atoms with Gasteiger partial charge in [-0.3, -0.25) is 9.59 Å². The van der Waals surface area contributed by atoms with Crippen LogP contribution in [0.1, 0.15) is 52.9 Å². The van der Waals surface area contributed by atoms with Crippen molar-refractivity contribution < 1.29 is 23.8 Å². The van der Waals surface area contributed by atoms with Crippen molar-refractivity contribution in [2.45, 2.75) is 65.3 Å². The van der Waals surface area contributed by atoms with Gasteiger partial charge in [-0.25, -0.2) is 0 Å². The maximum atomic E-state index is 12.6. The van der Waals surface area contributed by atoms with Crippen molar-refractivity contribution in [1.29, 1.82) is 0 Å². The maximum absolute atomic E-state index is 12.6. The molecule has 136 valence electrons. The van der Waals surface area contributed by atoms with Gasteiger partial charge in [0, 0.05) is 24.9 Å². The van der Waals surface area contributed by atoms with E-state index in [1.165, 1.54) is 20.0 Å². The number of hydrogen-bond acceptors (Lipinski definition) is 5. The summed E-state index contributed by atoms with van der Waals surface area (Å²) in [5.41, 5.74) is -1.02. The van der Waals surface area contributed by atoms with Gasteiger partial charge in [-0.15, -0.1) is 0 Å². The highest BCUT2D eigenvalue weighted by Crippen LogP contribution is 2.68. The Morgan fingerprint density at radius 3 is 2.75 bits per heavy atom. The Kier molecular flexibility index (Phi) is 6.58. The van der Waals surface area contributed by atoms with E-state index >= 15 is 0 Å². The third-order valence-corrected chi connectivity index (χ3v) is 5.19. The van der Waals surface area contributed by atoms with Crippen LogP contribution in [0.3, 0.4) is 0 Å². The molecule has 2 rings (SSSR count). The van der Waals surface area contributed by atoms with E-state index in [-0.39, 0.29) is 36.4 Å². The van der Waals surface area contributed by atoms with Gasteiger partial charge in [0.1, 0.15) is 5.41 Å². The van der Waals surface area contributed by atoms with Crippen LogP contribution in [-0.4, -0.2) is 37.9 Å². The second-order valence-corrected chi connectivity index (χ2v) is 6.66. The van der Waals surface area contributed by atoms with Crippen LogP contribution in [0.25, 0.3) is 0 Å². The number of carbonyl (C=O) groups excluding carboxylic acids is 2. The summed E-state index contributed by atoms with van der Waals surface area (Å²) in [6.07, 6.45) is 8.20. The largest absolute Gasteiger partial charge is 0.468 e. The van der Waals surface area contributed by atoms with Gasteiger partial charge in [0.05, 0.1) is 13.2 Å². The average Bonchev–Trinajstić information content (AvgIpc) is 3.14. The number of fused-ring (bicyclic) bond motifs is 1. The molecule has 0 heterocycles. The molecule has 2 fully saturated rings. The fourth-order valence-electron chi connectivity index (χ4n) is 4.05. The Labute approximate surface area is 144 Å². The van der Waals surface area contributed by atoms with Gasteiger partial charge < -0.3 is 14.2 Å². The number of methoxy groups -OCH3 is 1. The normalized spacial score (nSPS) is 32.8. The Hall–Kier alpha value is -1.20. The predicted molar refractivity (Wildman–Crippen MR) is 90.3 cm³/mol. The number of allylic oxidation sites excluding steroid dienone is 2. The van der Waals surface area contributed by atoms with Gasteiger partial charge in [0.15, 0.2) is 12.1 Å². The van der Waals surface area contributed by atoms with Crippen LogP contribution in [0.5, 0.6) is 0 Å². The van der Waals surface area contributed by atoms with Gasteiger partial charge in [-0.2, -0.15) is 0 Å². The molecule has 5 atom stereocenters. The molecule has 2 saturated carbocycles. The van der Waals surface area contributed by atoms with Crippen LogP contribution >= 0.6 is 0 Å². The summed E-state index contributed by atoms with van der Waals surface area (Å²) in [6.45, 7) is 6.44. The number of Topliss-reactive ketones (excluding diaryl/α,β-unsaturated/α-hetero) is 1. The number of unbranched alkanes of at least 4 members (excludes halogenated alkanes) is 3. The molecule has 2 aliphatic rings.